The Morgan fingerprint density at radius 3 is 2.73 bits per heavy atom. The zero-order valence-corrected chi connectivity index (χ0v) is 9.24. The summed E-state index contributed by atoms with van der Waals surface area (Å²) in [5.41, 5.74) is 1.44. The number of amides is 1. The fourth-order valence-electron chi connectivity index (χ4n) is 2.25. The van der Waals surface area contributed by atoms with Crippen LogP contribution >= 0.6 is 0 Å². The van der Waals surface area contributed by atoms with Crippen molar-refractivity contribution in [1.82, 2.24) is 4.90 Å². The summed E-state index contributed by atoms with van der Waals surface area (Å²) < 4.78 is 0. The first-order valence-corrected chi connectivity index (χ1v) is 5.97. The van der Waals surface area contributed by atoms with Gasteiger partial charge in [0.05, 0.1) is 0 Å². The van der Waals surface area contributed by atoms with Crippen molar-refractivity contribution in [3.63, 3.8) is 0 Å². The molecule has 2 aliphatic rings. The van der Waals surface area contributed by atoms with Gasteiger partial charge in [0.25, 0.3) is 0 Å². The molecule has 0 aromatic rings. The highest BCUT2D eigenvalue weighted by Crippen LogP contribution is 2.18. The van der Waals surface area contributed by atoms with Crippen LogP contribution in [0, 0.1) is 0 Å². The lowest BCUT2D eigenvalue weighted by atomic mass is 10.0. The average molecular weight is 205 g/mol. The normalized spacial score (nSPS) is 20.5. The largest absolute Gasteiger partial charge is 0.343 e. The summed E-state index contributed by atoms with van der Waals surface area (Å²) in [4.78, 5) is 13.8. The number of allylic oxidation sites excluding steroid dienone is 4. The quantitative estimate of drug-likeness (QED) is 0.649. The first-order chi connectivity index (χ1) is 7.36. The summed E-state index contributed by atoms with van der Waals surface area (Å²) in [6.45, 7) is 1.97. The van der Waals surface area contributed by atoms with Gasteiger partial charge in [-0.2, -0.15) is 0 Å². The predicted molar refractivity (Wildman–Crippen MR) is 61.5 cm³/mol. The van der Waals surface area contributed by atoms with Crippen molar-refractivity contribution in [2.24, 2.45) is 0 Å². The molecule has 1 aliphatic heterocycles. The molecule has 1 saturated heterocycles. The first-order valence-electron chi connectivity index (χ1n) is 5.97. The fourth-order valence-corrected chi connectivity index (χ4v) is 2.25. The molecule has 15 heavy (non-hydrogen) atoms. The number of rotatable bonds is 3. The zero-order chi connectivity index (χ0) is 10.5. The molecule has 0 spiro atoms. The highest BCUT2D eigenvalue weighted by molar-refractivity contribution is 5.76. The van der Waals surface area contributed by atoms with Crippen molar-refractivity contribution >= 4 is 5.91 Å². The molecular weight excluding hydrogens is 186 g/mol. The minimum absolute atomic E-state index is 0.350. The second kappa shape index (κ2) is 5.15. The molecule has 0 unspecified atom stereocenters. The predicted octanol–water partition coefficient (Wildman–Crippen LogP) is 2.67. The third kappa shape index (κ3) is 2.95. The van der Waals surface area contributed by atoms with Crippen LogP contribution in [-0.4, -0.2) is 23.9 Å². The lowest BCUT2D eigenvalue weighted by molar-refractivity contribution is -0.130. The Labute approximate surface area is 91.6 Å². The molecule has 1 fully saturated rings. The fraction of sp³-hybridized carbons (Fsp3) is 0.615. The highest BCUT2D eigenvalue weighted by atomic mass is 16.2. The van der Waals surface area contributed by atoms with Gasteiger partial charge in [-0.1, -0.05) is 23.8 Å². The van der Waals surface area contributed by atoms with E-state index in [0.29, 0.717) is 12.3 Å². The van der Waals surface area contributed by atoms with E-state index >= 15 is 0 Å². The van der Waals surface area contributed by atoms with E-state index in [2.05, 4.69) is 18.2 Å². The van der Waals surface area contributed by atoms with Gasteiger partial charge in [0.2, 0.25) is 5.91 Å². The molecule has 2 heteroatoms. The molecule has 2 rings (SSSR count). The molecule has 0 radical (unpaired) electrons. The molecule has 1 amide bonds. The topological polar surface area (TPSA) is 20.3 Å². The van der Waals surface area contributed by atoms with E-state index in [1.54, 1.807) is 0 Å². The Morgan fingerprint density at radius 1 is 1.27 bits per heavy atom. The van der Waals surface area contributed by atoms with Crippen molar-refractivity contribution in [2.75, 3.05) is 13.1 Å². The molecule has 0 atom stereocenters. The minimum Gasteiger partial charge on any atom is -0.343 e. The maximum absolute atomic E-state index is 11.8. The number of hydrogen-bond donors (Lipinski definition) is 0. The van der Waals surface area contributed by atoms with Crippen LogP contribution in [0.2, 0.25) is 0 Å². The molecule has 0 saturated carbocycles. The van der Waals surface area contributed by atoms with E-state index in [1.807, 2.05) is 4.90 Å². The van der Waals surface area contributed by atoms with Crippen LogP contribution in [0.3, 0.4) is 0 Å². The maximum atomic E-state index is 11.8. The Morgan fingerprint density at radius 2 is 2.07 bits per heavy atom. The number of nitrogens with zero attached hydrogens (tertiary/aromatic N) is 1. The minimum atomic E-state index is 0.350. The molecule has 1 aliphatic carbocycles. The van der Waals surface area contributed by atoms with Crippen LogP contribution in [0.15, 0.2) is 23.8 Å². The summed E-state index contributed by atoms with van der Waals surface area (Å²) in [7, 11) is 0. The van der Waals surface area contributed by atoms with Crippen molar-refractivity contribution < 1.29 is 4.79 Å². The van der Waals surface area contributed by atoms with Gasteiger partial charge in [0.15, 0.2) is 0 Å². The molecule has 0 aromatic heterocycles. The number of carbonyl (C=O) groups excluding carboxylic acids is 1. The van der Waals surface area contributed by atoms with E-state index in [4.69, 9.17) is 0 Å². The molecule has 0 N–H and O–H groups in total. The van der Waals surface area contributed by atoms with E-state index in [1.165, 1.54) is 18.4 Å². The van der Waals surface area contributed by atoms with E-state index < -0.39 is 0 Å². The summed E-state index contributed by atoms with van der Waals surface area (Å²) in [6.07, 6.45) is 12.8. The van der Waals surface area contributed by atoms with Crippen molar-refractivity contribution in [2.45, 2.75) is 38.5 Å². The van der Waals surface area contributed by atoms with Gasteiger partial charge in [-0.15, -0.1) is 0 Å². The lowest BCUT2D eigenvalue weighted by Gasteiger charge is -2.16. The van der Waals surface area contributed by atoms with Crippen LogP contribution in [0.5, 0.6) is 0 Å². The van der Waals surface area contributed by atoms with Crippen LogP contribution in [0.4, 0.5) is 0 Å². The standard InChI is InChI=1S/C13H19NO/c15-13(14-10-4-5-11-14)9-8-12-6-2-1-3-7-12/h1-2,7H,3-6,8-11H2. The summed E-state index contributed by atoms with van der Waals surface area (Å²) in [5.74, 6) is 0.350. The van der Waals surface area contributed by atoms with Crippen molar-refractivity contribution in [3.8, 4) is 0 Å². The monoisotopic (exact) mass is 205 g/mol. The Kier molecular flexibility index (Phi) is 3.59. The smallest absolute Gasteiger partial charge is 0.222 e. The Balaban J connectivity index is 1.72. The lowest BCUT2D eigenvalue weighted by Crippen LogP contribution is -2.27. The number of carbonyl (C=O) groups is 1. The van der Waals surface area contributed by atoms with Crippen LogP contribution in [0.25, 0.3) is 0 Å². The average Bonchev–Trinajstić information content (AvgIpc) is 2.81. The van der Waals surface area contributed by atoms with Crippen LogP contribution in [-0.2, 0) is 4.79 Å². The van der Waals surface area contributed by atoms with Gasteiger partial charge in [-0.05, 0) is 32.1 Å². The van der Waals surface area contributed by atoms with Gasteiger partial charge in [0.1, 0.15) is 0 Å². The molecule has 82 valence electrons. The van der Waals surface area contributed by atoms with E-state index in [-0.39, 0.29) is 0 Å². The van der Waals surface area contributed by atoms with Gasteiger partial charge >= 0.3 is 0 Å². The van der Waals surface area contributed by atoms with E-state index in [0.717, 1.165) is 32.4 Å². The van der Waals surface area contributed by atoms with E-state index in [9.17, 15) is 4.79 Å². The second-order valence-corrected chi connectivity index (χ2v) is 4.36. The number of hydrogen-bond acceptors (Lipinski definition) is 1. The molecule has 2 nitrogen and oxygen atoms in total. The van der Waals surface area contributed by atoms with Crippen molar-refractivity contribution in [1.29, 1.82) is 0 Å². The maximum Gasteiger partial charge on any atom is 0.222 e. The Bertz CT molecular complexity index is 285. The molecule has 0 bridgehead atoms. The molecule has 0 aromatic carbocycles. The second-order valence-electron chi connectivity index (χ2n) is 4.36. The molecular formula is C13H19NO. The Hall–Kier alpha value is -1.05. The summed E-state index contributed by atoms with van der Waals surface area (Å²) in [5, 5.41) is 0. The third-order valence-electron chi connectivity index (χ3n) is 3.21. The summed E-state index contributed by atoms with van der Waals surface area (Å²) >= 11 is 0. The zero-order valence-electron chi connectivity index (χ0n) is 9.24. The van der Waals surface area contributed by atoms with Crippen molar-refractivity contribution in [3.05, 3.63) is 23.8 Å². The van der Waals surface area contributed by atoms with Gasteiger partial charge in [-0.25, -0.2) is 0 Å². The molecule has 1 heterocycles. The van der Waals surface area contributed by atoms with Gasteiger partial charge < -0.3 is 4.90 Å². The van der Waals surface area contributed by atoms with Gasteiger partial charge in [0, 0.05) is 19.5 Å². The van der Waals surface area contributed by atoms with Crippen LogP contribution in [0.1, 0.15) is 38.5 Å². The first kappa shape index (κ1) is 10.5. The SMILES string of the molecule is O=C(CCC1=CCC=CC1)N1CCCC1. The van der Waals surface area contributed by atoms with Crippen LogP contribution < -0.4 is 0 Å². The highest BCUT2D eigenvalue weighted by Gasteiger charge is 2.17. The third-order valence-corrected chi connectivity index (χ3v) is 3.21. The number of likely N-dealkylation sites (tertiary alicyclic amines) is 1. The van der Waals surface area contributed by atoms with Gasteiger partial charge in [-0.3, -0.25) is 4.79 Å². The summed E-state index contributed by atoms with van der Waals surface area (Å²) in [6, 6.07) is 0.